The normalized spacial score (nSPS) is 32.3. The largest absolute Gasteiger partial charge is 0.393 e. The number of rotatable bonds is 2. The Morgan fingerprint density at radius 3 is 2.90 bits per heavy atom. The van der Waals surface area contributed by atoms with Crippen molar-refractivity contribution in [3.8, 4) is 0 Å². The molecular formula is C16H24N2O2S. The number of nitrogens with zero attached hydrogens (tertiary/aromatic N) is 2. The highest BCUT2D eigenvalue weighted by molar-refractivity contribution is 7.11. The molecule has 116 valence electrons. The minimum atomic E-state index is -0.187. The first-order chi connectivity index (χ1) is 9.89. The number of aryl methyl sites for hydroxylation is 2. The summed E-state index contributed by atoms with van der Waals surface area (Å²) in [5.41, 5.74) is 1.10. The lowest BCUT2D eigenvalue weighted by Gasteiger charge is -2.41. The standard InChI is InChI=1S/C16H24N2O2S/c1-10-13(21-11(2)17-10)8-15(20)18-7-6-16(3)9-12(19)4-5-14(16)18/h12,14,19H,4-9H2,1-3H3/t12-,14-,16+/m1/s1. The molecule has 1 saturated heterocycles. The van der Waals surface area contributed by atoms with Crippen LogP contribution in [-0.4, -0.2) is 39.6 Å². The molecule has 2 heterocycles. The van der Waals surface area contributed by atoms with Gasteiger partial charge in [-0.25, -0.2) is 4.98 Å². The first-order valence-electron chi connectivity index (χ1n) is 7.79. The van der Waals surface area contributed by atoms with Crippen LogP contribution in [-0.2, 0) is 11.2 Å². The molecule has 0 unspecified atom stereocenters. The highest BCUT2D eigenvalue weighted by Gasteiger charge is 2.48. The van der Waals surface area contributed by atoms with E-state index in [9.17, 15) is 9.90 Å². The Balaban J connectivity index is 1.73. The van der Waals surface area contributed by atoms with Crippen LogP contribution in [0.25, 0.3) is 0 Å². The molecule has 1 aliphatic carbocycles. The third-order valence-electron chi connectivity index (χ3n) is 5.21. The number of carbonyl (C=O) groups excluding carboxylic acids is 1. The maximum absolute atomic E-state index is 12.7. The third kappa shape index (κ3) is 2.73. The fraction of sp³-hybridized carbons (Fsp3) is 0.750. The molecule has 21 heavy (non-hydrogen) atoms. The summed E-state index contributed by atoms with van der Waals surface area (Å²) in [5, 5.41) is 10.9. The second kappa shape index (κ2) is 5.36. The zero-order chi connectivity index (χ0) is 15.2. The zero-order valence-corrected chi connectivity index (χ0v) is 13.9. The third-order valence-corrected chi connectivity index (χ3v) is 6.28. The zero-order valence-electron chi connectivity index (χ0n) is 13.1. The Hall–Kier alpha value is -0.940. The maximum atomic E-state index is 12.7. The fourth-order valence-corrected chi connectivity index (χ4v) is 5.01. The van der Waals surface area contributed by atoms with Gasteiger partial charge in [0.25, 0.3) is 0 Å². The van der Waals surface area contributed by atoms with Gasteiger partial charge < -0.3 is 10.0 Å². The van der Waals surface area contributed by atoms with E-state index in [0.717, 1.165) is 47.8 Å². The van der Waals surface area contributed by atoms with Crippen LogP contribution in [0, 0.1) is 19.3 Å². The fourth-order valence-electron chi connectivity index (χ4n) is 4.08. The smallest absolute Gasteiger partial charge is 0.228 e. The Kier molecular flexibility index (Phi) is 3.82. The average Bonchev–Trinajstić information content (AvgIpc) is 2.88. The predicted octanol–water partition coefficient (Wildman–Crippen LogP) is 2.45. The molecule has 0 aromatic carbocycles. The SMILES string of the molecule is Cc1nc(C)c(CC(=O)N2CC[C@@]3(C)C[C@H](O)CC[C@@H]23)s1. The first-order valence-corrected chi connectivity index (χ1v) is 8.61. The van der Waals surface area contributed by atoms with E-state index in [4.69, 9.17) is 0 Å². The second-order valence-electron chi connectivity index (χ2n) is 6.86. The Morgan fingerprint density at radius 1 is 1.48 bits per heavy atom. The van der Waals surface area contributed by atoms with Crippen LogP contribution in [0.5, 0.6) is 0 Å². The molecule has 3 rings (SSSR count). The number of thiazole rings is 1. The van der Waals surface area contributed by atoms with Gasteiger partial charge in [0, 0.05) is 17.5 Å². The summed E-state index contributed by atoms with van der Waals surface area (Å²) < 4.78 is 0. The quantitative estimate of drug-likeness (QED) is 0.913. The van der Waals surface area contributed by atoms with Gasteiger partial charge in [0.1, 0.15) is 0 Å². The molecule has 2 aliphatic rings. The van der Waals surface area contributed by atoms with Crippen LogP contribution in [0.2, 0.25) is 0 Å². The summed E-state index contributed by atoms with van der Waals surface area (Å²) >= 11 is 1.63. The van der Waals surface area contributed by atoms with E-state index in [1.54, 1.807) is 11.3 Å². The number of aromatic nitrogens is 1. The lowest BCUT2D eigenvalue weighted by atomic mass is 9.71. The molecule has 4 nitrogen and oxygen atoms in total. The van der Waals surface area contributed by atoms with Gasteiger partial charge in [0.05, 0.1) is 23.2 Å². The molecule has 5 heteroatoms. The van der Waals surface area contributed by atoms with Gasteiger partial charge in [-0.1, -0.05) is 6.92 Å². The number of likely N-dealkylation sites (tertiary alicyclic amines) is 1. The van der Waals surface area contributed by atoms with Gasteiger partial charge >= 0.3 is 0 Å². The molecule has 1 aliphatic heterocycles. The van der Waals surface area contributed by atoms with Crippen molar-refractivity contribution in [2.24, 2.45) is 5.41 Å². The van der Waals surface area contributed by atoms with Crippen LogP contribution >= 0.6 is 11.3 Å². The first kappa shape index (κ1) is 15.0. The predicted molar refractivity (Wildman–Crippen MR) is 83.4 cm³/mol. The van der Waals surface area contributed by atoms with E-state index in [2.05, 4.69) is 16.8 Å². The van der Waals surface area contributed by atoms with E-state index in [1.165, 1.54) is 0 Å². The van der Waals surface area contributed by atoms with E-state index in [-0.39, 0.29) is 17.4 Å². The highest BCUT2D eigenvalue weighted by Crippen LogP contribution is 2.46. The van der Waals surface area contributed by atoms with Crippen LogP contribution in [0.15, 0.2) is 0 Å². The monoisotopic (exact) mass is 308 g/mol. The van der Waals surface area contributed by atoms with Crippen LogP contribution in [0.1, 0.15) is 48.2 Å². The molecule has 1 aromatic rings. The van der Waals surface area contributed by atoms with E-state index < -0.39 is 0 Å². The molecule has 2 fully saturated rings. The van der Waals surface area contributed by atoms with Crippen molar-refractivity contribution in [3.05, 3.63) is 15.6 Å². The van der Waals surface area contributed by atoms with Crippen molar-refractivity contribution in [1.29, 1.82) is 0 Å². The lowest BCUT2D eigenvalue weighted by molar-refractivity contribution is -0.133. The molecule has 1 aromatic heterocycles. The van der Waals surface area contributed by atoms with Crippen molar-refractivity contribution in [2.75, 3.05) is 6.54 Å². The molecule has 1 N–H and O–H groups in total. The van der Waals surface area contributed by atoms with E-state index in [0.29, 0.717) is 12.5 Å². The van der Waals surface area contributed by atoms with Gasteiger partial charge in [0.15, 0.2) is 0 Å². The second-order valence-corrected chi connectivity index (χ2v) is 8.15. The minimum absolute atomic E-state index is 0.103. The van der Waals surface area contributed by atoms with Gasteiger partial charge in [-0.15, -0.1) is 11.3 Å². The highest BCUT2D eigenvalue weighted by atomic mass is 32.1. The summed E-state index contributed by atoms with van der Waals surface area (Å²) in [6.07, 6.45) is 3.90. The average molecular weight is 308 g/mol. The molecule has 1 amide bonds. The maximum Gasteiger partial charge on any atom is 0.228 e. The van der Waals surface area contributed by atoms with Crippen molar-refractivity contribution in [2.45, 2.75) is 65.0 Å². The van der Waals surface area contributed by atoms with Crippen molar-refractivity contribution in [3.63, 3.8) is 0 Å². The molecule has 0 radical (unpaired) electrons. The Morgan fingerprint density at radius 2 is 2.24 bits per heavy atom. The van der Waals surface area contributed by atoms with Gasteiger partial charge in [0.2, 0.25) is 5.91 Å². The number of hydrogen-bond donors (Lipinski definition) is 1. The molecule has 1 saturated carbocycles. The number of aliphatic hydroxyl groups excluding tert-OH is 1. The number of carbonyl (C=O) groups is 1. The summed E-state index contributed by atoms with van der Waals surface area (Å²) in [6.45, 7) is 7.04. The summed E-state index contributed by atoms with van der Waals surface area (Å²) in [4.78, 5) is 20.3. The van der Waals surface area contributed by atoms with Crippen LogP contribution in [0.3, 0.4) is 0 Å². The summed E-state index contributed by atoms with van der Waals surface area (Å²) in [5.74, 6) is 0.229. The Bertz CT molecular complexity index is 556. The van der Waals surface area contributed by atoms with Gasteiger partial charge in [-0.2, -0.15) is 0 Å². The van der Waals surface area contributed by atoms with Gasteiger partial charge in [-0.05, 0) is 44.9 Å². The summed E-state index contributed by atoms with van der Waals surface area (Å²) in [7, 11) is 0. The lowest BCUT2D eigenvalue weighted by Crippen LogP contribution is -2.46. The van der Waals surface area contributed by atoms with Crippen LogP contribution < -0.4 is 0 Å². The molecule has 3 atom stereocenters. The van der Waals surface area contributed by atoms with Crippen molar-refractivity contribution < 1.29 is 9.90 Å². The molecule has 0 bridgehead atoms. The number of fused-ring (bicyclic) bond motifs is 1. The molecular weight excluding hydrogens is 284 g/mol. The Labute approximate surface area is 130 Å². The van der Waals surface area contributed by atoms with Crippen molar-refractivity contribution in [1.82, 2.24) is 9.88 Å². The van der Waals surface area contributed by atoms with Crippen molar-refractivity contribution >= 4 is 17.2 Å². The van der Waals surface area contributed by atoms with Crippen LogP contribution in [0.4, 0.5) is 0 Å². The number of aliphatic hydroxyl groups is 1. The molecule has 0 spiro atoms. The minimum Gasteiger partial charge on any atom is -0.393 e. The number of amides is 1. The van der Waals surface area contributed by atoms with Gasteiger partial charge in [-0.3, -0.25) is 4.79 Å². The summed E-state index contributed by atoms with van der Waals surface area (Å²) in [6, 6.07) is 0.308. The van der Waals surface area contributed by atoms with E-state index in [1.807, 2.05) is 13.8 Å². The number of hydrogen-bond acceptors (Lipinski definition) is 4. The topological polar surface area (TPSA) is 53.4 Å². The van der Waals surface area contributed by atoms with E-state index >= 15 is 0 Å².